The molecule has 0 aliphatic carbocycles. The molecule has 1 atom stereocenters. The monoisotopic (exact) mass is 395 g/mol. The molecule has 1 aromatic heterocycles. The predicted octanol–water partition coefficient (Wildman–Crippen LogP) is 4.84. The van der Waals surface area contributed by atoms with Crippen LogP contribution in [-0.4, -0.2) is 22.2 Å². The smallest absolute Gasteiger partial charge is 0.269 e. The summed E-state index contributed by atoms with van der Waals surface area (Å²) in [6, 6.07) is 14.7. The first-order valence-electron chi connectivity index (χ1n) is 9.27. The Balaban J connectivity index is 1.79. The second-order valence-corrected chi connectivity index (χ2v) is 7.69. The molecule has 144 valence electrons. The molecule has 1 aliphatic rings. The highest BCUT2D eigenvalue weighted by molar-refractivity contribution is 7.07. The number of nitro groups is 1. The summed E-state index contributed by atoms with van der Waals surface area (Å²) in [6.45, 7) is 3.57. The Kier molecular flexibility index (Phi) is 5.36. The van der Waals surface area contributed by atoms with E-state index in [9.17, 15) is 10.1 Å². The molecule has 3 aromatic rings. The lowest BCUT2D eigenvalue weighted by Gasteiger charge is -2.14. The molecule has 0 amide bonds. The summed E-state index contributed by atoms with van der Waals surface area (Å²) in [6.07, 6.45) is 2.28. The van der Waals surface area contributed by atoms with Gasteiger partial charge in [0.2, 0.25) is 0 Å². The number of nitro benzene ring substituents is 1. The van der Waals surface area contributed by atoms with Crippen LogP contribution in [0.2, 0.25) is 0 Å². The third-order valence-electron chi connectivity index (χ3n) is 4.91. The predicted molar refractivity (Wildman–Crippen MR) is 110 cm³/mol. The van der Waals surface area contributed by atoms with Crippen molar-refractivity contribution in [3.8, 4) is 11.3 Å². The maximum Gasteiger partial charge on any atom is 0.269 e. The van der Waals surface area contributed by atoms with Gasteiger partial charge in [-0.3, -0.25) is 10.1 Å². The number of rotatable bonds is 5. The maximum atomic E-state index is 11.0. The Hall–Kier alpha value is -2.77. The third-order valence-corrected chi connectivity index (χ3v) is 5.78. The molecule has 2 heterocycles. The number of hydrogen-bond donors (Lipinski definition) is 0. The lowest BCUT2D eigenvalue weighted by atomic mass is 10.1. The minimum absolute atomic E-state index is 0.0921. The number of aromatic nitrogens is 1. The Bertz CT molecular complexity index is 1050. The molecule has 1 unspecified atom stereocenters. The SMILES string of the molecule is Cc1ccccc1N=c1scc(-c2ccc([N+](=O)[O-])cc2)n1CC1CCCO1. The number of thiazole rings is 1. The molecule has 4 rings (SSSR count). The van der Waals surface area contributed by atoms with Crippen molar-refractivity contribution in [2.75, 3.05) is 6.61 Å². The van der Waals surface area contributed by atoms with Crippen LogP contribution < -0.4 is 4.80 Å². The van der Waals surface area contributed by atoms with Gasteiger partial charge >= 0.3 is 0 Å². The fourth-order valence-corrected chi connectivity index (χ4v) is 4.30. The number of aryl methyl sites for hydroxylation is 1. The Morgan fingerprint density at radius 2 is 2.04 bits per heavy atom. The van der Waals surface area contributed by atoms with E-state index < -0.39 is 0 Å². The van der Waals surface area contributed by atoms with Gasteiger partial charge in [-0.25, -0.2) is 4.99 Å². The molecule has 7 heteroatoms. The molecule has 0 saturated carbocycles. The molecule has 2 aromatic carbocycles. The van der Waals surface area contributed by atoms with Crippen molar-refractivity contribution < 1.29 is 9.66 Å². The molecule has 1 aliphatic heterocycles. The second-order valence-electron chi connectivity index (χ2n) is 6.85. The summed E-state index contributed by atoms with van der Waals surface area (Å²) in [7, 11) is 0. The zero-order valence-electron chi connectivity index (χ0n) is 15.6. The summed E-state index contributed by atoms with van der Waals surface area (Å²) in [4.78, 5) is 16.4. The molecule has 0 bridgehead atoms. The number of ether oxygens (including phenoxy) is 1. The van der Waals surface area contributed by atoms with Gasteiger partial charge in [0.1, 0.15) is 0 Å². The average Bonchev–Trinajstić information content (AvgIpc) is 3.35. The van der Waals surface area contributed by atoms with E-state index in [4.69, 9.17) is 9.73 Å². The molecule has 0 radical (unpaired) electrons. The van der Waals surface area contributed by atoms with E-state index in [2.05, 4.69) is 9.95 Å². The van der Waals surface area contributed by atoms with Gasteiger partial charge in [-0.2, -0.15) is 0 Å². The highest BCUT2D eigenvalue weighted by Crippen LogP contribution is 2.25. The van der Waals surface area contributed by atoms with Gasteiger partial charge in [-0.05, 0) is 49.1 Å². The molecule has 1 fully saturated rings. The van der Waals surface area contributed by atoms with Crippen LogP contribution in [0.5, 0.6) is 0 Å². The fourth-order valence-electron chi connectivity index (χ4n) is 3.36. The van der Waals surface area contributed by atoms with Gasteiger partial charge in [0.05, 0.1) is 29.0 Å². The van der Waals surface area contributed by atoms with Crippen LogP contribution in [0.25, 0.3) is 11.3 Å². The summed E-state index contributed by atoms with van der Waals surface area (Å²) in [5.74, 6) is 0. The van der Waals surface area contributed by atoms with Crippen molar-refractivity contribution in [1.82, 2.24) is 4.57 Å². The first-order chi connectivity index (χ1) is 13.6. The zero-order chi connectivity index (χ0) is 19.5. The van der Waals surface area contributed by atoms with E-state index >= 15 is 0 Å². The molecule has 6 nitrogen and oxygen atoms in total. The van der Waals surface area contributed by atoms with Crippen molar-refractivity contribution >= 4 is 22.7 Å². The minimum Gasteiger partial charge on any atom is -0.376 e. The van der Waals surface area contributed by atoms with Crippen molar-refractivity contribution in [2.24, 2.45) is 4.99 Å². The third kappa shape index (κ3) is 3.90. The standard InChI is InChI=1S/C21H21N3O3S/c1-15-5-2-3-7-19(15)22-21-23(13-18-6-4-12-27-18)20(14-28-21)16-8-10-17(11-9-16)24(25)26/h2-3,5,7-11,14,18H,4,6,12-13H2,1H3. The Morgan fingerprint density at radius 3 is 2.71 bits per heavy atom. The largest absolute Gasteiger partial charge is 0.376 e. The summed E-state index contributed by atoms with van der Waals surface area (Å²) in [5.41, 5.74) is 4.10. The van der Waals surface area contributed by atoms with Crippen molar-refractivity contribution in [2.45, 2.75) is 32.4 Å². The summed E-state index contributed by atoms with van der Waals surface area (Å²) in [5, 5.41) is 13.0. The van der Waals surface area contributed by atoms with Crippen LogP contribution in [0.4, 0.5) is 11.4 Å². The number of non-ortho nitro benzene ring substituents is 1. The maximum absolute atomic E-state index is 11.0. The van der Waals surface area contributed by atoms with E-state index in [1.54, 1.807) is 35.6 Å². The van der Waals surface area contributed by atoms with E-state index in [0.717, 1.165) is 53.3 Å². The lowest BCUT2D eigenvalue weighted by Crippen LogP contribution is -2.24. The lowest BCUT2D eigenvalue weighted by molar-refractivity contribution is -0.384. The van der Waals surface area contributed by atoms with E-state index in [0.29, 0.717) is 0 Å². The molecular formula is C21H21N3O3S. The van der Waals surface area contributed by atoms with E-state index in [1.807, 2.05) is 31.2 Å². The highest BCUT2D eigenvalue weighted by Gasteiger charge is 2.19. The first-order valence-corrected chi connectivity index (χ1v) is 10.1. The normalized spacial score (nSPS) is 17.2. The van der Waals surface area contributed by atoms with Gasteiger partial charge in [0, 0.05) is 24.1 Å². The van der Waals surface area contributed by atoms with Crippen LogP contribution in [0, 0.1) is 17.0 Å². The number of hydrogen-bond acceptors (Lipinski definition) is 5. The molecule has 28 heavy (non-hydrogen) atoms. The first kappa shape index (κ1) is 18.6. The van der Waals surface area contributed by atoms with E-state index in [-0.39, 0.29) is 16.7 Å². The van der Waals surface area contributed by atoms with Crippen LogP contribution in [0.3, 0.4) is 0 Å². The van der Waals surface area contributed by atoms with Gasteiger partial charge in [0.15, 0.2) is 4.80 Å². The Labute approximate surface area is 166 Å². The van der Waals surface area contributed by atoms with Gasteiger partial charge < -0.3 is 9.30 Å². The van der Waals surface area contributed by atoms with Crippen molar-refractivity contribution in [1.29, 1.82) is 0 Å². The number of nitrogens with zero attached hydrogens (tertiary/aromatic N) is 3. The second kappa shape index (κ2) is 8.08. The molecule has 0 spiro atoms. The minimum atomic E-state index is -0.378. The van der Waals surface area contributed by atoms with Crippen LogP contribution in [0.15, 0.2) is 58.9 Å². The fraction of sp³-hybridized carbons (Fsp3) is 0.286. The van der Waals surface area contributed by atoms with E-state index in [1.165, 1.54) is 0 Å². The molecule has 1 saturated heterocycles. The number of para-hydroxylation sites is 1. The average molecular weight is 395 g/mol. The Morgan fingerprint density at radius 1 is 1.25 bits per heavy atom. The topological polar surface area (TPSA) is 69.7 Å². The van der Waals surface area contributed by atoms with Gasteiger partial charge in [-0.1, -0.05) is 18.2 Å². The van der Waals surface area contributed by atoms with Crippen LogP contribution in [-0.2, 0) is 11.3 Å². The summed E-state index contributed by atoms with van der Waals surface area (Å²) < 4.78 is 8.02. The number of benzene rings is 2. The van der Waals surface area contributed by atoms with Crippen molar-refractivity contribution in [3.63, 3.8) is 0 Å². The van der Waals surface area contributed by atoms with Gasteiger partial charge in [-0.15, -0.1) is 11.3 Å². The van der Waals surface area contributed by atoms with Crippen molar-refractivity contribution in [3.05, 3.63) is 74.4 Å². The quantitative estimate of drug-likeness (QED) is 0.458. The van der Waals surface area contributed by atoms with Crippen LogP contribution in [0.1, 0.15) is 18.4 Å². The summed E-state index contributed by atoms with van der Waals surface area (Å²) >= 11 is 1.58. The molecular weight excluding hydrogens is 374 g/mol. The van der Waals surface area contributed by atoms with Gasteiger partial charge in [0.25, 0.3) is 5.69 Å². The highest BCUT2D eigenvalue weighted by atomic mass is 32.1. The molecule has 0 N–H and O–H groups in total. The zero-order valence-corrected chi connectivity index (χ0v) is 16.4. The van der Waals surface area contributed by atoms with Crippen LogP contribution >= 0.6 is 11.3 Å².